The van der Waals surface area contributed by atoms with Gasteiger partial charge in [0.15, 0.2) is 0 Å². The fraction of sp³-hybridized carbons (Fsp3) is 0.818. The highest BCUT2D eigenvalue weighted by Gasteiger charge is 2.32. The van der Waals surface area contributed by atoms with Crippen molar-refractivity contribution in [3.8, 4) is 0 Å². The molecule has 0 aromatic heterocycles. The fourth-order valence-electron chi connectivity index (χ4n) is 1.88. The summed E-state index contributed by atoms with van der Waals surface area (Å²) in [4.78, 5) is 28.9. The lowest BCUT2D eigenvalue weighted by Crippen LogP contribution is -2.58. The number of carbonyl (C=O) groups excluding carboxylic acids is 2. The molecule has 98 valence electrons. The molecule has 0 spiro atoms. The zero-order valence-corrected chi connectivity index (χ0v) is 11.0. The minimum Gasteiger partial charge on any atom is -0.375 e. The van der Waals surface area contributed by atoms with Gasteiger partial charge in [-0.05, 0) is 7.05 Å². The van der Waals surface area contributed by atoms with Crippen molar-refractivity contribution in [3.05, 3.63) is 0 Å². The van der Waals surface area contributed by atoms with Crippen LogP contribution in [0.25, 0.3) is 0 Å². The van der Waals surface area contributed by atoms with Gasteiger partial charge in [0.05, 0.1) is 0 Å². The second kappa shape index (κ2) is 5.97. The van der Waals surface area contributed by atoms with Crippen molar-refractivity contribution < 1.29 is 14.3 Å². The number of likely N-dealkylation sites (N-methyl/N-ethyl adjacent to an activating group) is 2. The van der Waals surface area contributed by atoms with Crippen molar-refractivity contribution in [2.45, 2.75) is 6.04 Å². The van der Waals surface area contributed by atoms with Crippen LogP contribution in [0.3, 0.4) is 0 Å². The Morgan fingerprint density at radius 3 is 2.53 bits per heavy atom. The van der Waals surface area contributed by atoms with Crippen LogP contribution in [0.2, 0.25) is 0 Å². The van der Waals surface area contributed by atoms with E-state index in [4.69, 9.17) is 4.74 Å². The number of hydrogen-bond donors (Lipinski definition) is 0. The van der Waals surface area contributed by atoms with Gasteiger partial charge in [-0.2, -0.15) is 0 Å². The second-order valence-corrected chi connectivity index (χ2v) is 4.50. The summed E-state index contributed by atoms with van der Waals surface area (Å²) in [5.41, 5.74) is 0. The van der Waals surface area contributed by atoms with Crippen molar-refractivity contribution in [1.82, 2.24) is 14.7 Å². The first-order valence-corrected chi connectivity index (χ1v) is 5.65. The predicted molar refractivity (Wildman–Crippen MR) is 63.6 cm³/mol. The maximum atomic E-state index is 11.9. The van der Waals surface area contributed by atoms with Crippen LogP contribution in [0.1, 0.15) is 0 Å². The van der Waals surface area contributed by atoms with E-state index < -0.39 is 0 Å². The molecule has 1 aliphatic rings. The molecule has 6 heteroatoms. The van der Waals surface area contributed by atoms with Crippen LogP contribution in [0.4, 0.5) is 0 Å². The highest BCUT2D eigenvalue weighted by molar-refractivity contribution is 5.83. The van der Waals surface area contributed by atoms with Crippen LogP contribution in [0.15, 0.2) is 0 Å². The van der Waals surface area contributed by atoms with E-state index in [1.165, 1.54) is 7.11 Å². The number of piperazine rings is 1. The average molecular weight is 243 g/mol. The van der Waals surface area contributed by atoms with Gasteiger partial charge < -0.3 is 14.5 Å². The SMILES string of the molecule is COCC(=O)N1CCN(C)C(C(=O)N(C)C)C1. The Morgan fingerprint density at radius 1 is 1.35 bits per heavy atom. The summed E-state index contributed by atoms with van der Waals surface area (Å²) in [5.74, 6) is -0.0282. The number of methoxy groups -OCH3 is 1. The van der Waals surface area contributed by atoms with E-state index in [9.17, 15) is 9.59 Å². The maximum Gasteiger partial charge on any atom is 0.248 e. The molecular weight excluding hydrogens is 222 g/mol. The molecule has 1 atom stereocenters. The third-order valence-electron chi connectivity index (χ3n) is 2.99. The number of hydrogen-bond acceptors (Lipinski definition) is 4. The third-order valence-corrected chi connectivity index (χ3v) is 2.99. The predicted octanol–water partition coefficient (Wildman–Crippen LogP) is -1.14. The van der Waals surface area contributed by atoms with Crippen LogP contribution < -0.4 is 0 Å². The molecule has 1 rings (SSSR count). The van der Waals surface area contributed by atoms with E-state index >= 15 is 0 Å². The van der Waals surface area contributed by atoms with Gasteiger partial charge in [0, 0.05) is 40.8 Å². The number of amides is 2. The van der Waals surface area contributed by atoms with Crippen molar-refractivity contribution >= 4 is 11.8 Å². The second-order valence-electron chi connectivity index (χ2n) is 4.50. The summed E-state index contributed by atoms with van der Waals surface area (Å²) >= 11 is 0. The number of rotatable bonds is 3. The topological polar surface area (TPSA) is 53.1 Å². The first kappa shape index (κ1) is 13.9. The number of carbonyl (C=O) groups is 2. The summed E-state index contributed by atoms with van der Waals surface area (Å²) in [6.45, 7) is 1.87. The number of nitrogens with zero attached hydrogens (tertiary/aromatic N) is 3. The molecule has 6 nitrogen and oxygen atoms in total. The van der Waals surface area contributed by atoms with Gasteiger partial charge in [-0.1, -0.05) is 0 Å². The van der Waals surface area contributed by atoms with E-state index in [2.05, 4.69) is 0 Å². The standard InChI is InChI=1S/C11H21N3O3/c1-12(2)11(16)9-7-14(6-5-13(9)3)10(15)8-17-4/h9H,5-8H2,1-4H3. The molecule has 0 aliphatic carbocycles. The number of ether oxygens (including phenoxy) is 1. The molecule has 0 aromatic rings. The van der Waals surface area contributed by atoms with E-state index in [-0.39, 0.29) is 24.5 Å². The fourth-order valence-corrected chi connectivity index (χ4v) is 1.88. The largest absolute Gasteiger partial charge is 0.375 e. The van der Waals surface area contributed by atoms with Gasteiger partial charge in [-0.15, -0.1) is 0 Å². The summed E-state index contributed by atoms with van der Waals surface area (Å²) in [6.07, 6.45) is 0. The molecule has 2 amide bonds. The molecule has 0 aromatic carbocycles. The van der Waals surface area contributed by atoms with Crippen LogP contribution in [0, 0.1) is 0 Å². The molecule has 17 heavy (non-hydrogen) atoms. The van der Waals surface area contributed by atoms with Gasteiger partial charge in [-0.25, -0.2) is 0 Å². The third kappa shape index (κ3) is 3.41. The molecular formula is C11H21N3O3. The smallest absolute Gasteiger partial charge is 0.248 e. The quantitative estimate of drug-likeness (QED) is 0.629. The van der Waals surface area contributed by atoms with Crippen molar-refractivity contribution in [1.29, 1.82) is 0 Å². The minimum absolute atomic E-state index is 0.0300. The van der Waals surface area contributed by atoms with Crippen LogP contribution in [-0.4, -0.2) is 87.0 Å². The van der Waals surface area contributed by atoms with Gasteiger partial charge in [0.25, 0.3) is 0 Å². The first-order valence-electron chi connectivity index (χ1n) is 5.65. The Hall–Kier alpha value is -1.14. The molecule has 1 unspecified atom stereocenters. The average Bonchev–Trinajstić information content (AvgIpc) is 2.28. The molecule has 1 heterocycles. The van der Waals surface area contributed by atoms with Crippen molar-refractivity contribution in [2.75, 3.05) is 54.5 Å². The van der Waals surface area contributed by atoms with E-state index in [0.29, 0.717) is 19.6 Å². The Kier molecular flexibility index (Phi) is 4.89. The maximum absolute atomic E-state index is 11.9. The Balaban J connectivity index is 2.65. The van der Waals surface area contributed by atoms with Crippen molar-refractivity contribution in [3.63, 3.8) is 0 Å². The molecule has 0 N–H and O–H groups in total. The molecule has 0 saturated carbocycles. The van der Waals surface area contributed by atoms with Gasteiger partial charge in [-0.3, -0.25) is 14.5 Å². The monoisotopic (exact) mass is 243 g/mol. The minimum atomic E-state index is -0.250. The molecule has 0 radical (unpaired) electrons. The zero-order valence-electron chi connectivity index (χ0n) is 11.0. The lowest BCUT2D eigenvalue weighted by Gasteiger charge is -2.39. The van der Waals surface area contributed by atoms with Crippen LogP contribution in [0.5, 0.6) is 0 Å². The van der Waals surface area contributed by atoms with Gasteiger partial charge in [0.1, 0.15) is 12.6 Å². The molecule has 1 fully saturated rings. The summed E-state index contributed by atoms with van der Waals surface area (Å²) in [5, 5.41) is 0. The van der Waals surface area contributed by atoms with Crippen LogP contribution >= 0.6 is 0 Å². The summed E-state index contributed by atoms with van der Waals surface area (Å²) < 4.78 is 4.83. The van der Waals surface area contributed by atoms with E-state index in [0.717, 1.165) is 0 Å². The normalized spacial score (nSPS) is 21.4. The van der Waals surface area contributed by atoms with Gasteiger partial charge >= 0.3 is 0 Å². The van der Waals surface area contributed by atoms with Crippen molar-refractivity contribution in [2.24, 2.45) is 0 Å². The lowest BCUT2D eigenvalue weighted by atomic mass is 10.1. The van der Waals surface area contributed by atoms with Crippen LogP contribution in [-0.2, 0) is 14.3 Å². The summed E-state index contributed by atoms with van der Waals surface area (Å²) in [7, 11) is 6.86. The Labute approximate surface area is 102 Å². The molecule has 0 bridgehead atoms. The van der Waals surface area contributed by atoms with E-state index in [1.807, 2.05) is 11.9 Å². The Bertz CT molecular complexity index is 294. The Morgan fingerprint density at radius 2 is 2.00 bits per heavy atom. The highest BCUT2D eigenvalue weighted by atomic mass is 16.5. The lowest BCUT2D eigenvalue weighted by molar-refractivity contribution is -0.143. The molecule has 1 saturated heterocycles. The molecule has 1 aliphatic heterocycles. The first-order chi connectivity index (χ1) is 7.97. The highest BCUT2D eigenvalue weighted by Crippen LogP contribution is 2.10. The zero-order chi connectivity index (χ0) is 13.0. The summed E-state index contributed by atoms with van der Waals surface area (Å²) in [6, 6.07) is -0.250. The van der Waals surface area contributed by atoms with E-state index in [1.54, 1.807) is 23.9 Å². The van der Waals surface area contributed by atoms with Gasteiger partial charge in [0.2, 0.25) is 11.8 Å².